The molecule has 0 bridgehead atoms. The first-order chi connectivity index (χ1) is 16.0. The number of rotatable bonds is 11. The van der Waals surface area contributed by atoms with E-state index in [9.17, 15) is 9.59 Å². The second-order valence-electron chi connectivity index (χ2n) is 7.17. The molecule has 0 radical (unpaired) electrons. The van der Waals surface area contributed by atoms with Crippen LogP contribution in [0.15, 0.2) is 67.0 Å². The number of carbonyl (C=O) groups is 2. The van der Waals surface area contributed by atoms with Gasteiger partial charge in [-0.3, -0.25) is 14.6 Å². The fraction of sp³-hybridized carbons (Fsp3) is 0.192. The van der Waals surface area contributed by atoms with Crippen LogP contribution in [0.3, 0.4) is 0 Å². The van der Waals surface area contributed by atoms with E-state index in [1.165, 1.54) is 26.4 Å². The fourth-order valence-electron chi connectivity index (χ4n) is 3.09. The van der Waals surface area contributed by atoms with Crippen molar-refractivity contribution in [3.63, 3.8) is 0 Å². The lowest BCUT2D eigenvalue weighted by atomic mass is 10.1. The number of hydrogen-bond donors (Lipinski definition) is 0. The van der Waals surface area contributed by atoms with Crippen LogP contribution < -0.4 is 14.2 Å². The van der Waals surface area contributed by atoms with Crippen LogP contribution in [0, 0.1) is 0 Å². The molecule has 0 atom stereocenters. The molecule has 0 aliphatic heterocycles. The molecular weight excluding hydrogens is 420 g/mol. The first-order valence-electron chi connectivity index (χ1n) is 10.3. The van der Waals surface area contributed by atoms with Gasteiger partial charge in [0, 0.05) is 37.3 Å². The largest absolute Gasteiger partial charge is 0.496 e. The highest BCUT2D eigenvalue weighted by molar-refractivity contribution is 6.11. The molecule has 0 spiro atoms. The molecule has 0 N–H and O–H groups in total. The van der Waals surface area contributed by atoms with E-state index in [1.54, 1.807) is 30.5 Å². The van der Waals surface area contributed by atoms with Gasteiger partial charge in [-0.15, -0.1) is 0 Å². The number of aryl methyl sites for hydroxylation is 1. The lowest BCUT2D eigenvalue weighted by molar-refractivity contribution is -0.121. The highest BCUT2D eigenvalue weighted by atomic mass is 16.5. The average Bonchev–Trinajstić information content (AvgIpc) is 3.25. The molecule has 0 unspecified atom stereocenters. The summed E-state index contributed by atoms with van der Waals surface area (Å²) in [5, 5.41) is 0. The zero-order valence-electron chi connectivity index (χ0n) is 18.9. The van der Waals surface area contributed by atoms with Gasteiger partial charge in [-0.25, -0.2) is 0 Å². The third-order valence-electron chi connectivity index (χ3n) is 4.84. The SMILES string of the molecule is COc1cc(OCc2ccccn2)cc(OC)c1C=CC(=O)CC(=O)C=Cc1cccn1C. The number of aromatic nitrogens is 2. The molecule has 3 aromatic rings. The summed E-state index contributed by atoms with van der Waals surface area (Å²) >= 11 is 0. The maximum atomic E-state index is 12.3. The number of carbonyl (C=O) groups excluding carboxylic acids is 2. The molecule has 0 saturated carbocycles. The van der Waals surface area contributed by atoms with Crippen LogP contribution in [0.1, 0.15) is 23.4 Å². The summed E-state index contributed by atoms with van der Waals surface area (Å²) < 4.78 is 18.6. The highest BCUT2D eigenvalue weighted by Gasteiger charge is 2.13. The van der Waals surface area contributed by atoms with Gasteiger partial charge in [-0.2, -0.15) is 0 Å². The Morgan fingerprint density at radius 1 is 0.970 bits per heavy atom. The quantitative estimate of drug-likeness (QED) is 0.323. The summed E-state index contributed by atoms with van der Waals surface area (Å²) in [5.74, 6) is 0.895. The van der Waals surface area contributed by atoms with E-state index in [0.717, 1.165) is 11.4 Å². The maximum Gasteiger partial charge on any atom is 0.163 e. The second-order valence-corrected chi connectivity index (χ2v) is 7.17. The van der Waals surface area contributed by atoms with Gasteiger partial charge in [-0.1, -0.05) is 6.07 Å². The van der Waals surface area contributed by atoms with Crippen LogP contribution in [0.5, 0.6) is 17.2 Å². The van der Waals surface area contributed by atoms with E-state index in [1.807, 2.05) is 48.1 Å². The Morgan fingerprint density at radius 2 is 1.67 bits per heavy atom. The van der Waals surface area contributed by atoms with Crippen LogP contribution in [0.4, 0.5) is 0 Å². The zero-order chi connectivity index (χ0) is 23.6. The standard InChI is InChI=1S/C26H26N2O5/c1-28-14-6-8-20(28)9-10-21(29)15-22(30)11-12-24-25(31-2)16-23(17-26(24)32-3)33-18-19-7-4-5-13-27-19/h4-14,16-17H,15,18H2,1-3H3. The zero-order valence-corrected chi connectivity index (χ0v) is 18.9. The van der Waals surface area contributed by atoms with E-state index in [-0.39, 0.29) is 18.0 Å². The molecule has 3 rings (SSSR count). The third kappa shape index (κ3) is 6.67. The smallest absolute Gasteiger partial charge is 0.163 e. The van der Waals surface area contributed by atoms with Crippen LogP contribution in [-0.2, 0) is 23.2 Å². The molecular formula is C26H26N2O5. The average molecular weight is 447 g/mol. The Morgan fingerprint density at radius 3 is 2.24 bits per heavy atom. The van der Waals surface area contributed by atoms with E-state index < -0.39 is 0 Å². The minimum Gasteiger partial charge on any atom is -0.496 e. The van der Waals surface area contributed by atoms with E-state index in [4.69, 9.17) is 14.2 Å². The van der Waals surface area contributed by atoms with Crippen LogP contribution in [-0.4, -0.2) is 35.3 Å². The Bertz CT molecular complexity index is 1140. The Hall–Kier alpha value is -4.13. The van der Waals surface area contributed by atoms with Gasteiger partial charge in [0.1, 0.15) is 23.9 Å². The lowest BCUT2D eigenvalue weighted by Gasteiger charge is -2.14. The predicted molar refractivity (Wildman–Crippen MR) is 126 cm³/mol. The van der Waals surface area contributed by atoms with Gasteiger partial charge in [-0.05, 0) is 48.6 Å². The monoisotopic (exact) mass is 446 g/mol. The summed E-state index contributed by atoms with van der Waals surface area (Å²) in [6, 6.07) is 12.8. The van der Waals surface area contributed by atoms with Crippen molar-refractivity contribution < 1.29 is 23.8 Å². The lowest BCUT2D eigenvalue weighted by Crippen LogP contribution is -2.03. The molecule has 0 aliphatic rings. The Balaban J connectivity index is 1.68. The number of methoxy groups -OCH3 is 2. The molecule has 2 heterocycles. The normalized spacial score (nSPS) is 11.1. The number of benzene rings is 1. The van der Waals surface area contributed by atoms with Crippen molar-refractivity contribution in [2.24, 2.45) is 7.05 Å². The minimum absolute atomic E-state index is 0.229. The highest BCUT2D eigenvalue weighted by Crippen LogP contribution is 2.35. The molecule has 33 heavy (non-hydrogen) atoms. The van der Waals surface area contributed by atoms with Gasteiger partial charge in [0.05, 0.1) is 31.9 Å². The Kier molecular flexibility index (Phi) is 8.18. The van der Waals surface area contributed by atoms with Gasteiger partial charge in [0.2, 0.25) is 0 Å². The number of ether oxygens (including phenoxy) is 3. The van der Waals surface area contributed by atoms with Gasteiger partial charge < -0.3 is 18.8 Å². The number of ketones is 2. The van der Waals surface area contributed by atoms with Gasteiger partial charge in [0.25, 0.3) is 0 Å². The summed E-state index contributed by atoms with van der Waals surface area (Å²) in [4.78, 5) is 28.7. The fourth-order valence-corrected chi connectivity index (χ4v) is 3.09. The molecule has 0 aliphatic carbocycles. The molecule has 7 heteroatoms. The number of nitrogens with zero attached hydrogens (tertiary/aromatic N) is 2. The van der Waals surface area contributed by atoms with Crippen molar-refractivity contribution in [2.75, 3.05) is 14.2 Å². The van der Waals surface area contributed by atoms with Crippen molar-refractivity contribution in [1.29, 1.82) is 0 Å². The first-order valence-corrected chi connectivity index (χ1v) is 10.3. The topological polar surface area (TPSA) is 79.7 Å². The molecule has 1 aromatic carbocycles. The van der Waals surface area contributed by atoms with Crippen LogP contribution in [0.2, 0.25) is 0 Å². The van der Waals surface area contributed by atoms with E-state index in [2.05, 4.69) is 4.98 Å². The molecule has 2 aromatic heterocycles. The van der Waals surface area contributed by atoms with Gasteiger partial charge in [0.15, 0.2) is 11.6 Å². The predicted octanol–water partition coefficient (Wildman–Crippen LogP) is 4.27. The number of pyridine rings is 1. The first kappa shape index (κ1) is 23.5. The van der Waals surface area contributed by atoms with Crippen molar-refractivity contribution in [3.8, 4) is 17.2 Å². The van der Waals surface area contributed by atoms with E-state index >= 15 is 0 Å². The van der Waals surface area contributed by atoms with Crippen LogP contribution >= 0.6 is 0 Å². The molecule has 0 saturated heterocycles. The number of allylic oxidation sites excluding steroid dienone is 2. The third-order valence-corrected chi connectivity index (χ3v) is 4.84. The molecule has 7 nitrogen and oxygen atoms in total. The molecule has 0 fully saturated rings. The van der Waals surface area contributed by atoms with E-state index in [0.29, 0.717) is 29.4 Å². The summed E-state index contributed by atoms with van der Waals surface area (Å²) in [6.45, 7) is 0.291. The van der Waals surface area contributed by atoms with Crippen molar-refractivity contribution in [1.82, 2.24) is 9.55 Å². The van der Waals surface area contributed by atoms with Gasteiger partial charge >= 0.3 is 0 Å². The van der Waals surface area contributed by atoms with Crippen molar-refractivity contribution in [3.05, 3.63) is 84.0 Å². The Labute approximate surface area is 192 Å². The molecule has 0 amide bonds. The minimum atomic E-state index is -0.323. The maximum absolute atomic E-state index is 12.3. The summed E-state index contributed by atoms with van der Waals surface area (Å²) in [7, 11) is 4.93. The summed E-state index contributed by atoms with van der Waals surface area (Å²) in [6.07, 6.45) is 9.39. The molecule has 170 valence electrons. The van der Waals surface area contributed by atoms with Crippen molar-refractivity contribution >= 4 is 23.7 Å². The van der Waals surface area contributed by atoms with Crippen molar-refractivity contribution in [2.45, 2.75) is 13.0 Å². The van der Waals surface area contributed by atoms with Crippen LogP contribution in [0.25, 0.3) is 12.2 Å². The number of hydrogen-bond acceptors (Lipinski definition) is 6. The summed E-state index contributed by atoms with van der Waals surface area (Å²) in [5.41, 5.74) is 2.24. The second kappa shape index (κ2) is 11.5.